The minimum atomic E-state index is -0.709. The van der Waals surface area contributed by atoms with Crippen molar-refractivity contribution in [1.82, 2.24) is 19.7 Å². The largest absolute Gasteiger partial charge is 0.399 e. The summed E-state index contributed by atoms with van der Waals surface area (Å²) in [4.78, 5) is 28.9. The monoisotopic (exact) mass is 422 g/mol. The van der Waals surface area contributed by atoms with Crippen LogP contribution < -0.4 is 4.90 Å². The van der Waals surface area contributed by atoms with E-state index in [-0.39, 0.29) is 12.5 Å². The second-order valence-corrected chi connectivity index (χ2v) is 7.82. The number of fused-ring (bicyclic) bond motifs is 1. The molecule has 160 valence electrons. The predicted molar refractivity (Wildman–Crippen MR) is 115 cm³/mol. The standard InChI is InChI=1S/C22H23FN6O2/c1-14-7-18(16-8-15(9-24-11-16)10-26-31-4)27-20-19(14)21(30)29(22(20,2)3)17-12-25-28(13-17)6-5-23/h7-13H,5-6H2,1-4H3. The molecule has 0 fully saturated rings. The molecule has 0 aromatic carbocycles. The molecule has 0 spiro atoms. The second kappa shape index (κ2) is 7.90. The number of alkyl halides is 1. The van der Waals surface area contributed by atoms with E-state index in [1.54, 1.807) is 35.9 Å². The van der Waals surface area contributed by atoms with Gasteiger partial charge in [-0.05, 0) is 38.5 Å². The van der Waals surface area contributed by atoms with E-state index in [1.165, 1.54) is 11.8 Å². The number of pyridine rings is 2. The fraction of sp³-hybridized carbons (Fsp3) is 0.318. The molecule has 0 atom stereocenters. The van der Waals surface area contributed by atoms with Crippen LogP contribution in [0.3, 0.4) is 0 Å². The molecule has 0 saturated heterocycles. The summed E-state index contributed by atoms with van der Waals surface area (Å²) in [6.45, 7) is 5.41. The number of oxime groups is 1. The molecule has 4 rings (SSSR count). The van der Waals surface area contributed by atoms with Gasteiger partial charge in [-0.1, -0.05) is 5.16 Å². The summed E-state index contributed by atoms with van der Waals surface area (Å²) in [5, 5.41) is 7.94. The van der Waals surface area contributed by atoms with Gasteiger partial charge in [-0.2, -0.15) is 5.10 Å². The van der Waals surface area contributed by atoms with Crippen molar-refractivity contribution in [3.05, 3.63) is 59.3 Å². The first-order chi connectivity index (χ1) is 14.9. The van der Waals surface area contributed by atoms with Crippen molar-refractivity contribution in [2.45, 2.75) is 32.9 Å². The van der Waals surface area contributed by atoms with E-state index >= 15 is 0 Å². The Balaban J connectivity index is 1.78. The van der Waals surface area contributed by atoms with Gasteiger partial charge >= 0.3 is 0 Å². The number of nitrogens with zero attached hydrogens (tertiary/aromatic N) is 6. The van der Waals surface area contributed by atoms with E-state index in [1.807, 2.05) is 32.9 Å². The van der Waals surface area contributed by atoms with Gasteiger partial charge < -0.3 is 4.84 Å². The van der Waals surface area contributed by atoms with Crippen LogP contribution in [0.1, 0.15) is 41.0 Å². The van der Waals surface area contributed by atoms with Gasteiger partial charge in [-0.3, -0.25) is 19.4 Å². The molecule has 0 saturated carbocycles. The Hall–Kier alpha value is -3.62. The Bertz CT molecular complexity index is 1170. The molecule has 0 aliphatic carbocycles. The van der Waals surface area contributed by atoms with Crippen molar-refractivity contribution in [2.24, 2.45) is 5.16 Å². The molecule has 3 aromatic heterocycles. The molecule has 0 radical (unpaired) electrons. The molecule has 31 heavy (non-hydrogen) atoms. The van der Waals surface area contributed by atoms with Crippen molar-refractivity contribution >= 4 is 17.8 Å². The number of rotatable bonds is 6. The Kier molecular flexibility index (Phi) is 5.26. The van der Waals surface area contributed by atoms with Crippen molar-refractivity contribution in [1.29, 1.82) is 0 Å². The molecule has 0 bridgehead atoms. The maximum Gasteiger partial charge on any atom is 0.261 e. The van der Waals surface area contributed by atoms with Gasteiger partial charge in [0.2, 0.25) is 0 Å². The molecule has 0 N–H and O–H groups in total. The first kappa shape index (κ1) is 20.6. The summed E-state index contributed by atoms with van der Waals surface area (Å²) in [5.41, 5.74) is 4.29. The number of carbonyl (C=O) groups excluding carboxylic acids is 1. The third-order valence-corrected chi connectivity index (χ3v) is 5.33. The molecule has 4 heterocycles. The van der Waals surface area contributed by atoms with E-state index < -0.39 is 12.2 Å². The van der Waals surface area contributed by atoms with E-state index in [9.17, 15) is 9.18 Å². The molecule has 1 aliphatic heterocycles. The second-order valence-electron chi connectivity index (χ2n) is 7.82. The summed E-state index contributed by atoms with van der Waals surface area (Å²) in [6, 6.07) is 3.79. The van der Waals surface area contributed by atoms with Gasteiger partial charge in [0.1, 0.15) is 13.8 Å². The Morgan fingerprint density at radius 3 is 2.81 bits per heavy atom. The summed E-state index contributed by atoms with van der Waals surface area (Å²) in [5.74, 6) is -0.143. The van der Waals surface area contributed by atoms with Gasteiger partial charge in [0, 0.05) is 29.7 Å². The van der Waals surface area contributed by atoms with Crippen LogP contribution in [0.15, 0.2) is 42.1 Å². The quantitative estimate of drug-likeness (QED) is 0.448. The molecule has 1 aliphatic rings. The lowest BCUT2D eigenvalue weighted by atomic mass is 9.96. The van der Waals surface area contributed by atoms with Gasteiger partial charge in [-0.15, -0.1) is 0 Å². The minimum Gasteiger partial charge on any atom is -0.399 e. The summed E-state index contributed by atoms with van der Waals surface area (Å²) in [6.07, 6.45) is 8.24. The number of aromatic nitrogens is 4. The first-order valence-corrected chi connectivity index (χ1v) is 9.84. The Morgan fingerprint density at radius 2 is 2.06 bits per heavy atom. The zero-order valence-electron chi connectivity index (χ0n) is 17.8. The van der Waals surface area contributed by atoms with Gasteiger partial charge in [0.15, 0.2) is 0 Å². The highest BCUT2D eigenvalue weighted by Crippen LogP contribution is 2.42. The number of aryl methyl sites for hydroxylation is 2. The van der Waals surface area contributed by atoms with Crippen LogP contribution in [0.2, 0.25) is 0 Å². The highest BCUT2D eigenvalue weighted by atomic mass is 19.1. The van der Waals surface area contributed by atoms with Gasteiger partial charge in [0.05, 0.1) is 47.1 Å². The zero-order valence-corrected chi connectivity index (χ0v) is 17.8. The topological polar surface area (TPSA) is 85.5 Å². The zero-order chi connectivity index (χ0) is 22.2. The Morgan fingerprint density at radius 1 is 1.26 bits per heavy atom. The van der Waals surface area contributed by atoms with E-state index in [0.29, 0.717) is 22.6 Å². The normalized spacial score (nSPS) is 15.0. The predicted octanol–water partition coefficient (Wildman–Crippen LogP) is 3.49. The highest BCUT2D eigenvalue weighted by Gasteiger charge is 2.46. The molecule has 8 nitrogen and oxygen atoms in total. The third-order valence-electron chi connectivity index (χ3n) is 5.33. The summed E-state index contributed by atoms with van der Waals surface area (Å²) in [7, 11) is 1.48. The molecular weight excluding hydrogens is 399 g/mol. The molecular formula is C22H23FN6O2. The SMILES string of the molecule is CON=Cc1cncc(-c2cc(C)c3c(n2)C(C)(C)N(c2cnn(CCF)c2)C3=O)c1. The van der Waals surface area contributed by atoms with Crippen molar-refractivity contribution in [3.63, 3.8) is 0 Å². The van der Waals surface area contributed by atoms with Crippen molar-refractivity contribution < 1.29 is 14.0 Å². The molecule has 3 aromatic rings. The Labute approximate surface area is 179 Å². The molecule has 9 heteroatoms. The highest BCUT2D eigenvalue weighted by molar-refractivity contribution is 6.12. The third kappa shape index (κ3) is 3.56. The van der Waals surface area contributed by atoms with E-state index in [4.69, 9.17) is 9.82 Å². The minimum absolute atomic E-state index is 0.143. The summed E-state index contributed by atoms with van der Waals surface area (Å²) < 4.78 is 14.2. The number of anilines is 1. The van der Waals surface area contributed by atoms with E-state index in [2.05, 4.69) is 15.2 Å². The van der Waals surface area contributed by atoms with Crippen LogP contribution in [-0.4, -0.2) is 45.7 Å². The number of hydrogen-bond acceptors (Lipinski definition) is 6. The van der Waals surface area contributed by atoms with Crippen molar-refractivity contribution in [2.75, 3.05) is 18.7 Å². The lowest BCUT2D eigenvalue weighted by Gasteiger charge is -2.30. The maximum absolute atomic E-state index is 13.4. The molecule has 0 unspecified atom stereocenters. The summed E-state index contributed by atoms with van der Waals surface area (Å²) >= 11 is 0. The molecule has 1 amide bonds. The van der Waals surface area contributed by atoms with Crippen LogP contribution in [0, 0.1) is 6.92 Å². The van der Waals surface area contributed by atoms with Gasteiger partial charge in [0.25, 0.3) is 5.91 Å². The number of hydrogen-bond donors (Lipinski definition) is 0. The van der Waals surface area contributed by atoms with Crippen LogP contribution in [0.25, 0.3) is 11.3 Å². The maximum atomic E-state index is 13.4. The van der Waals surface area contributed by atoms with Crippen LogP contribution in [-0.2, 0) is 16.9 Å². The van der Waals surface area contributed by atoms with Crippen LogP contribution in [0.5, 0.6) is 0 Å². The lowest BCUT2D eigenvalue weighted by molar-refractivity contribution is 0.0981. The van der Waals surface area contributed by atoms with E-state index in [0.717, 1.165) is 16.7 Å². The average Bonchev–Trinajstić information content (AvgIpc) is 3.27. The van der Waals surface area contributed by atoms with Crippen molar-refractivity contribution in [3.8, 4) is 11.3 Å². The fourth-order valence-electron chi connectivity index (χ4n) is 3.90. The fourth-order valence-corrected chi connectivity index (χ4v) is 3.90. The van der Waals surface area contributed by atoms with Crippen LogP contribution in [0.4, 0.5) is 10.1 Å². The average molecular weight is 422 g/mol. The number of carbonyl (C=O) groups is 1. The lowest BCUT2D eigenvalue weighted by Crippen LogP contribution is -2.39. The number of halogens is 1. The smallest absolute Gasteiger partial charge is 0.261 e. The first-order valence-electron chi connectivity index (χ1n) is 9.84. The number of amides is 1. The van der Waals surface area contributed by atoms with Gasteiger partial charge in [-0.25, -0.2) is 9.37 Å². The van der Waals surface area contributed by atoms with Crippen LogP contribution >= 0.6 is 0 Å².